The molecule has 2 amide bonds. The Kier molecular flexibility index (Phi) is 4.74. The molecule has 1 atom stereocenters. The van der Waals surface area contributed by atoms with Gasteiger partial charge in [-0.3, -0.25) is 9.59 Å². The number of nitrogens with one attached hydrogen (secondary N) is 1. The third-order valence-corrected chi connectivity index (χ3v) is 3.79. The van der Waals surface area contributed by atoms with Crippen molar-refractivity contribution in [2.45, 2.75) is 26.3 Å². The van der Waals surface area contributed by atoms with Gasteiger partial charge in [0.2, 0.25) is 11.8 Å². The molecule has 0 spiro atoms. The van der Waals surface area contributed by atoms with Gasteiger partial charge in [0.25, 0.3) is 0 Å². The van der Waals surface area contributed by atoms with Gasteiger partial charge in [-0.2, -0.15) is 0 Å². The van der Waals surface area contributed by atoms with E-state index in [4.69, 9.17) is 5.73 Å². The molecule has 6 nitrogen and oxygen atoms in total. The molecule has 0 saturated carbocycles. The molecule has 112 valence electrons. The number of primary amides is 1. The fraction of sp³-hybridized carbons (Fsp3) is 0.357. The molecule has 0 aliphatic rings. The fourth-order valence-corrected chi connectivity index (χ4v) is 2.83. The van der Waals surface area contributed by atoms with Crippen molar-refractivity contribution in [1.82, 2.24) is 9.55 Å². The predicted molar refractivity (Wildman–Crippen MR) is 81.9 cm³/mol. The Morgan fingerprint density at radius 1 is 1.38 bits per heavy atom. The van der Waals surface area contributed by atoms with E-state index in [9.17, 15) is 9.59 Å². The zero-order valence-corrected chi connectivity index (χ0v) is 12.8. The van der Waals surface area contributed by atoms with Crippen LogP contribution in [0.25, 0.3) is 0 Å². The summed E-state index contributed by atoms with van der Waals surface area (Å²) in [6.45, 7) is 3.98. The number of thiazole rings is 1. The second-order valence-electron chi connectivity index (χ2n) is 5.10. The highest BCUT2D eigenvalue weighted by molar-refractivity contribution is 7.13. The van der Waals surface area contributed by atoms with Gasteiger partial charge in [-0.25, -0.2) is 4.98 Å². The van der Waals surface area contributed by atoms with Gasteiger partial charge in [-0.15, -0.1) is 11.3 Å². The molecular formula is C14H18N4O2S. The van der Waals surface area contributed by atoms with Crippen LogP contribution in [0.15, 0.2) is 29.9 Å². The lowest BCUT2D eigenvalue weighted by Crippen LogP contribution is -2.29. The second kappa shape index (κ2) is 6.53. The van der Waals surface area contributed by atoms with E-state index in [0.29, 0.717) is 10.8 Å². The van der Waals surface area contributed by atoms with Crippen LogP contribution in [-0.4, -0.2) is 21.4 Å². The zero-order chi connectivity index (χ0) is 15.4. The monoisotopic (exact) mass is 306 g/mol. The molecular weight excluding hydrogens is 288 g/mol. The van der Waals surface area contributed by atoms with Gasteiger partial charge in [-0.05, 0) is 18.1 Å². The summed E-state index contributed by atoms with van der Waals surface area (Å²) in [5.41, 5.74) is 5.70. The summed E-state index contributed by atoms with van der Waals surface area (Å²) in [7, 11) is 0. The molecule has 2 rings (SSSR count). The first-order chi connectivity index (χ1) is 9.97. The molecule has 0 aromatic carbocycles. The van der Waals surface area contributed by atoms with Crippen LogP contribution in [-0.2, 0) is 16.0 Å². The molecule has 0 unspecified atom stereocenters. The Morgan fingerprint density at radius 3 is 2.62 bits per heavy atom. The summed E-state index contributed by atoms with van der Waals surface area (Å²) >= 11 is 1.29. The van der Waals surface area contributed by atoms with Crippen molar-refractivity contribution in [3.63, 3.8) is 0 Å². The average Bonchev–Trinajstić information content (AvgIpc) is 3.00. The fourth-order valence-electron chi connectivity index (χ4n) is 2.12. The summed E-state index contributed by atoms with van der Waals surface area (Å²) in [4.78, 5) is 27.5. The lowest BCUT2D eigenvalue weighted by Gasteiger charge is -2.21. The van der Waals surface area contributed by atoms with Gasteiger partial charge in [-0.1, -0.05) is 13.8 Å². The number of carbonyl (C=O) groups excluding carboxylic acids is 2. The van der Waals surface area contributed by atoms with Gasteiger partial charge < -0.3 is 15.6 Å². The Balaban J connectivity index is 2.08. The maximum atomic E-state index is 12.4. The van der Waals surface area contributed by atoms with E-state index in [0.717, 1.165) is 0 Å². The molecule has 2 aromatic rings. The van der Waals surface area contributed by atoms with Crippen LogP contribution in [0.3, 0.4) is 0 Å². The van der Waals surface area contributed by atoms with Crippen LogP contribution < -0.4 is 11.1 Å². The Morgan fingerprint density at radius 2 is 2.05 bits per heavy atom. The third-order valence-electron chi connectivity index (χ3n) is 2.99. The largest absolute Gasteiger partial charge is 0.369 e. The lowest BCUT2D eigenvalue weighted by atomic mass is 10.0. The summed E-state index contributed by atoms with van der Waals surface area (Å²) in [6, 6.07) is 3.47. The lowest BCUT2D eigenvalue weighted by molar-refractivity contribution is -0.120. The van der Waals surface area contributed by atoms with Crippen molar-refractivity contribution in [3.05, 3.63) is 35.6 Å². The van der Waals surface area contributed by atoms with Crippen LogP contribution >= 0.6 is 11.3 Å². The van der Waals surface area contributed by atoms with Gasteiger partial charge in [0.1, 0.15) is 6.04 Å². The number of carbonyl (C=O) groups is 2. The first-order valence-electron chi connectivity index (χ1n) is 6.63. The summed E-state index contributed by atoms with van der Waals surface area (Å²) in [6.07, 6.45) is 3.81. The van der Waals surface area contributed by atoms with Crippen LogP contribution in [0.4, 0.5) is 5.13 Å². The minimum absolute atomic E-state index is 0.0809. The third kappa shape index (κ3) is 3.91. The first kappa shape index (κ1) is 15.2. The first-order valence-corrected chi connectivity index (χ1v) is 7.51. The Hall–Kier alpha value is -2.15. The zero-order valence-electron chi connectivity index (χ0n) is 11.9. The molecule has 0 radical (unpaired) electrons. The molecule has 0 aliphatic heterocycles. The molecule has 0 bridgehead atoms. The van der Waals surface area contributed by atoms with E-state index in [-0.39, 0.29) is 24.3 Å². The Bertz CT molecular complexity index is 619. The second-order valence-corrected chi connectivity index (χ2v) is 5.95. The minimum atomic E-state index is -0.439. The molecule has 3 N–H and O–H groups in total. The number of anilines is 1. The van der Waals surface area contributed by atoms with E-state index < -0.39 is 5.91 Å². The van der Waals surface area contributed by atoms with E-state index in [1.165, 1.54) is 11.3 Å². The van der Waals surface area contributed by atoms with E-state index in [1.54, 1.807) is 5.38 Å². The van der Waals surface area contributed by atoms with Gasteiger partial charge in [0, 0.05) is 17.8 Å². The highest BCUT2D eigenvalue weighted by atomic mass is 32.1. The maximum Gasteiger partial charge on any atom is 0.249 e. The smallest absolute Gasteiger partial charge is 0.249 e. The molecule has 0 fully saturated rings. The molecule has 0 aliphatic carbocycles. The highest BCUT2D eigenvalue weighted by Crippen LogP contribution is 2.22. The Labute approximate surface area is 127 Å². The standard InChI is InChI=1S/C14H18N4O2S/c1-9(2)12(18-5-3-4-6-18)13(20)17-14-16-10(8-21-14)7-11(15)19/h3-6,8-9,12H,7H2,1-2H3,(H2,15,19)(H,16,17,20)/t12-/m1/s1. The molecule has 2 heterocycles. The van der Waals surface area contributed by atoms with Gasteiger partial charge in [0.05, 0.1) is 12.1 Å². The number of amides is 2. The number of hydrogen-bond acceptors (Lipinski definition) is 4. The van der Waals surface area contributed by atoms with Gasteiger partial charge in [0.15, 0.2) is 5.13 Å². The van der Waals surface area contributed by atoms with Crippen LogP contribution in [0.5, 0.6) is 0 Å². The van der Waals surface area contributed by atoms with Crippen molar-refractivity contribution < 1.29 is 9.59 Å². The topological polar surface area (TPSA) is 90.0 Å². The van der Waals surface area contributed by atoms with Crippen molar-refractivity contribution in [3.8, 4) is 0 Å². The van der Waals surface area contributed by atoms with E-state index in [1.807, 2.05) is 42.9 Å². The quantitative estimate of drug-likeness (QED) is 0.852. The number of nitrogens with zero attached hydrogens (tertiary/aromatic N) is 2. The van der Waals surface area contributed by atoms with Crippen molar-refractivity contribution in [2.24, 2.45) is 11.7 Å². The molecule has 7 heteroatoms. The highest BCUT2D eigenvalue weighted by Gasteiger charge is 2.24. The van der Waals surface area contributed by atoms with E-state index in [2.05, 4.69) is 10.3 Å². The molecule has 2 aromatic heterocycles. The SMILES string of the molecule is CC(C)[C@H](C(=O)Nc1nc(CC(N)=O)cs1)n1cccc1. The van der Waals surface area contributed by atoms with E-state index >= 15 is 0 Å². The van der Waals surface area contributed by atoms with Crippen molar-refractivity contribution in [1.29, 1.82) is 0 Å². The van der Waals surface area contributed by atoms with Crippen molar-refractivity contribution >= 4 is 28.3 Å². The molecule has 0 saturated heterocycles. The number of hydrogen-bond donors (Lipinski definition) is 2. The normalized spacial score (nSPS) is 12.3. The minimum Gasteiger partial charge on any atom is -0.369 e. The van der Waals surface area contributed by atoms with Gasteiger partial charge >= 0.3 is 0 Å². The summed E-state index contributed by atoms with van der Waals surface area (Å²) in [5.74, 6) is -0.422. The maximum absolute atomic E-state index is 12.4. The van der Waals surface area contributed by atoms with Crippen molar-refractivity contribution in [2.75, 3.05) is 5.32 Å². The number of nitrogens with two attached hydrogens (primary N) is 1. The number of rotatable bonds is 6. The van der Waals surface area contributed by atoms with Crippen LogP contribution in [0.2, 0.25) is 0 Å². The molecule has 21 heavy (non-hydrogen) atoms. The summed E-state index contributed by atoms with van der Waals surface area (Å²) < 4.78 is 1.87. The number of aromatic nitrogens is 2. The van der Waals surface area contributed by atoms with Crippen LogP contribution in [0, 0.1) is 5.92 Å². The van der Waals surface area contributed by atoms with Crippen LogP contribution in [0.1, 0.15) is 25.6 Å². The average molecular weight is 306 g/mol. The predicted octanol–water partition coefficient (Wildman–Crippen LogP) is 1.81. The summed E-state index contributed by atoms with van der Waals surface area (Å²) in [5, 5.41) is 5.00.